The third kappa shape index (κ3) is 5.45. The van der Waals surface area contributed by atoms with E-state index in [0.29, 0.717) is 41.8 Å². The summed E-state index contributed by atoms with van der Waals surface area (Å²) in [5.74, 6) is -0.686. The lowest BCUT2D eigenvalue weighted by Crippen LogP contribution is -2.32. The number of nitrogens with zero attached hydrogens (tertiary/aromatic N) is 2. The van der Waals surface area contributed by atoms with Gasteiger partial charge in [-0.1, -0.05) is 49.7 Å². The summed E-state index contributed by atoms with van der Waals surface area (Å²) in [7, 11) is 3.93. The van der Waals surface area contributed by atoms with Crippen LogP contribution in [-0.2, 0) is 9.59 Å². The minimum absolute atomic E-state index is 0.0763. The summed E-state index contributed by atoms with van der Waals surface area (Å²) in [6.45, 7) is 7.70. The van der Waals surface area contributed by atoms with Crippen molar-refractivity contribution in [2.45, 2.75) is 39.2 Å². The molecule has 2 aromatic rings. The van der Waals surface area contributed by atoms with Gasteiger partial charge in [0.25, 0.3) is 11.7 Å². The number of hydrogen-bond donors (Lipinski definition) is 1. The number of halogens is 1. The highest BCUT2D eigenvalue weighted by molar-refractivity contribution is 6.46. The van der Waals surface area contributed by atoms with Crippen LogP contribution in [0.25, 0.3) is 5.76 Å². The molecule has 0 bridgehead atoms. The second-order valence-corrected chi connectivity index (χ2v) is 9.46. The lowest BCUT2D eigenvalue weighted by Gasteiger charge is -2.26. The Bertz CT molecular complexity index is 1080. The fraction of sp³-hybridized carbons (Fsp3) is 0.407. The number of aliphatic hydroxyl groups excluding tert-OH is 1. The third-order valence-electron chi connectivity index (χ3n) is 5.97. The molecule has 1 fully saturated rings. The first-order valence-corrected chi connectivity index (χ1v) is 12.0. The summed E-state index contributed by atoms with van der Waals surface area (Å²) in [6.07, 6.45) is 0.704. The number of likely N-dealkylation sites (tertiary alicyclic amines) is 1. The van der Waals surface area contributed by atoms with Gasteiger partial charge in [-0.2, -0.15) is 0 Å². The van der Waals surface area contributed by atoms with Gasteiger partial charge in [0.1, 0.15) is 11.5 Å². The molecule has 1 saturated heterocycles. The topological polar surface area (TPSA) is 70.1 Å². The van der Waals surface area contributed by atoms with E-state index in [1.807, 2.05) is 50.2 Å². The maximum absolute atomic E-state index is 13.2. The first kappa shape index (κ1) is 25.8. The van der Waals surface area contributed by atoms with Crippen LogP contribution < -0.4 is 4.74 Å². The fourth-order valence-corrected chi connectivity index (χ4v) is 4.39. The number of aliphatic hydroxyl groups is 1. The molecule has 2 aromatic carbocycles. The van der Waals surface area contributed by atoms with Crippen LogP contribution in [0.15, 0.2) is 48.0 Å². The molecular weight excluding hydrogens is 452 g/mol. The Labute approximate surface area is 206 Å². The Morgan fingerprint density at radius 1 is 1.15 bits per heavy atom. The van der Waals surface area contributed by atoms with E-state index in [2.05, 4.69) is 13.8 Å². The minimum Gasteiger partial charge on any atom is -0.507 e. The molecule has 1 aliphatic heterocycles. The maximum atomic E-state index is 13.2. The smallest absolute Gasteiger partial charge is 0.295 e. The number of benzene rings is 2. The highest BCUT2D eigenvalue weighted by atomic mass is 35.5. The average molecular weight is 485 g/mol. The predicted octanol–water partition coefficient (Wildman–Crippen LogP) is 5.24. The average Bonchev–Trinajstić information content (AvgIpc) is 3.05. The third-order valence-corrected chi connectivity index (χ3v) is 6.26. The lowest BCUT2D eigenvalue weighted by molar-refractivity contribution is -0.139. The largest absolute Gasteiger partial charge is 0.507 e. The van der Waals surface area contributed by atoms with E-state index >= 15 is 0 Å². The highest BCUT2D eigenvalue weighted by Crippen LogP contribution is 2.40. The maximum Gasteiger partial charge on any atom is 0.295 e. The summed E-state index contributed by atoms with van der Waals surface area (Å²) in [5.41, 5.74) is 2.38. The molecule has 1 aliphatic rings. The van der Waals surface area contributed by atoms with Crippen LogP contribution in [0.2, 0.25) is 5.02 Å². The van der Waals surface area contributed by atoms with Gasteiger partial charge < -0.3 is 19.6 Å². The number of ether oxygens (including phenoxy) is 1. The zero-order valence-electron chi connectivity index (χ0n) is 20.5. The van der Waals surface area contributed by atoms with Gasteiger partial charge in [-0.3, -0.25) is 9.59 Å². The SMILES string of the molecule is CCOc1ccc(C(O)=C2C(=O)C(=O)N(CCCN(C)C)[C@H]2c2ccc(C(C)C)cc2)cc1Cl. The molecule has 182 valence electrons. The van der Waals surface area contributed by atoms with E-state index in [9.17, 15) is 14.7 Å². The van der Waals surface area contributed by atoms with Gasteiger partial charge in [0.05, 0.1) is 23.2 Å². The van der Waals surface area contributed by atoms with E-state index in [0.717, 1.165) is 17.7 Å². The Morgan fingerprint density at radius 2 is 1.82 bits per heavy atom. The van der Waals surface area contributed by atoms with E-state index in [1.165, 1.54) is 0 Å². The molecule has 0 saturated carbocycles. The lowest BCUT2D eigenvalue weighted by atomic mass is 9.93. The molecule has 1 amide bonds. The van der Waals surface area contributed by atoms with Crippen LogP contribution in [0.3, 0.4) is 0 Å². The number of carbonyl (C=O) groups is 2. The second kappa shape index (κ2) is 11.1. The Kier molecular flexibility index (Phi) is 8.39. The Morgan fingerprint density at radius 3 is 2.38 bits per heavy atom. The quantitative estimate of drug-likeness (QED) is 0.299. The monoisotopic (exact) mass is 484 g/mol. The Hall–Kier alpha value is -2.83. The van der Waals surface area contributed by atoms with Crippen molar-refractivity contribution in [1.29, 1.82) is 0 Å². The molecule has 3 rings (SSSR count). The van der Waals surface area contributed by atoms with Crippen LogP contribution in [0.4, 0.5) is 0 Å². The van der Waals surface area contributed by atoms with Crippen LogP contribution in [-0.4, -0.2) is 60.4 Å². The van der Waals surface area contributed by atoms with Crippen molar-refractivity contribution in [2.75, 3.05) is 33.8 Å². The number of carbonyl (C=O) groups excluding carboxylic acids is 2. The van der Waals surface area contributed by atoms with E-state index in [4.69, 9.17) is 16.3 Å². The number of Topliss-reactive ketones (excluding diaryl/α,β-unsaturated/α-hetero) is 1. The zero-order valence-corrected chi connectivity index (χ0v) is 21.2. The van der Waals surface area contributed by atoms with Crippen molar-refractivity contribution < 1.29 is 19.4 Å². The molecule has 7 heteroatoms. The van der Waals surface area contributed by atoms with Gasteiger partial charge >= 0.3 is 0 Å². The first-order valence-electron chi connectivity index (χ1n) is 11.6. The van der Waals surface area contributed by atoms with Crippen molar-refractivity contribution in [2.24, 2.45) is 0 Å². The van der Waals surface area contributed by atoms with Gasteiger partial charge in [0.15, 0.2) is 0 Å². The summed E-state index contributed by atoms with van der Waals surface area (Å²) < 4.78 is 5.47. The highest BCUT2D eigenvalue weighted by Gasteiger charge is 2.45. The van der Waals surface area contributed by atoms with E-state index in [-0.39, 0.29) is 11.3 Å². The van der Waals surface area contributed by atoms with E-state index < -0.39 is 17.7 Å². The Balaban J connectivity index is 2.09. The molecule has 0 spiro atoms. The molecule has 0 aliphatic carbocycles. The molecule has 34 heavy (non-hydrogen) atoms. The second-order valence-electron chi connectivity index (χ2n) is 9.05. The van der Waals surface area contributed by atoms with Crippen LogP contribution >= 0.6 is 11.6 Å². The molecule has 0 aromatic heterocycles. The zero-order chi connectivity index (χ0) is 25.0. The van der Waals surface area contributed by atoms with Crippen LogP contribution in [0.1, 0.15) is 55.8 Å². The van der Waals surface area contributed by atoms with Crippen molar-refractivity contribution >= 4 is 29.1 Å². The number of rotatable bonds is 9. The van der Waals surface area contributed by atoms with Gasteiger partial charge in [0.2, 0.25) is 0 Å². The summed E-state index contributed by atoms with van der Waals surface area (Å²) in [6, 6.07) is 12.1. The molecule has 1 atom stereocenters. The minimum atomic E-state index is -0.690. The van der Waals surface area contributed by atoms with Crippen molar-refractivity contribution in [3.8, 4) is 5.75 Å². The fourth-order valence-electron chi connectivity index (χ4n) is 4.15. The first-order chi connectivity index (χ1) is 16.1. The van der Waals surface area contributed by atoms with Gasteiger partial charge in [0, 0.05) is 12.1 Å². The molecule has 6 nitrogen and oxygen atoms in total. The number of ketones is 1. The predicted molar refractivity (Wildman–Crippen MR) is 135 cm³/mol. The number of hydrogen-bond acceptors (Lipinski definition) is 5. The van der Waals surface area contributed by atoms with Crippen molar-refractivity contribution in [3.05, 3.63) is 69.8 Å². The van der Waals surface area contributed by atoms with Gasteiger partial charge in [-0.25, -0.2) is 0 Å². The summed E-state index contributed by atoms with van der Waals surface area (Å²) >= 11 is 6.33. The van der Waals surface area contributed by atoms with E-state index in [1.54, 1.807) is 23.1 Å². The number of amides is 1. The molecule has 0 radical (unpaired) electrons. The van der Waals surface area contributed by atoms with Crippen molar-refractivity contribution in [1.82, 2.24) is 9.80 Å². The molecule has 1 N–H and O–H groups in total. The van der Waals surface area contributed by atoms with Gasteiger partial charge in [-0.05, 0) is 69.2 Å². The summed E-state index contributed by atoms with van der Waals surface area (Å²) in [4.78, 5) is 29.8. The molecular formula is C27H33ClN2O4. The molecule has 0 unspecified atom stereocenters. The van der Waals surface area contributed by atoms with Gasteiger partial charge in [-0.15, -0.1) is 0 Å². The normalized spacial score (nSPS) is 17.8. The standard InChI is InChI=1S/C27H33ClN2O4/c1-6-34-22-13-12-20(16-21(22)28)25(31)23-24(19-10-8-18(9-11-19)17(2)3)30(27(33)26(23)32)15-7-14-29(4)5/h8-13,16-17,24,31H,6-7,14-15H2,1-5H3/t24-/m0/s1. The molecule has 1 heterocycles. The summed E-state index contributed by atoms with van der Waals surface area (Å²) in [5, 5.41) is 11.6. The van der Waals surface area contributed by atoms with Crippen LogP contribution in [0, 0.1) is 0 Å². The van der Waals surface area contributed by atoms with Crippen LogP contribution in [0.5, 0.6) is 5.75 Å². The van der Waals surface area contributed by atoms with Crippen molar-refractivity contribution in [3.63, 3.8) is 0 Å².